The number of aromatic nitrogens is 1. The molecule has 1 amide bonds. The molecule has 7 nitrogen and oxygen atoms in total. The Morgan fingerprint density at radius 3 is 2.77 bits per heavy atom. The molecule has 0 radical (unpaired) electrons. The molecule has 1 aliphatic heterocycles. The van der Waals surface area contributed by atoms with Crippen molar-refractivity contribution >= 4 is 11.9 Å². The van der Waals surface area contributed by atoms with Crippen molar-refractivity contribution in [3.63, 3.8) is 0 Å². The van der Waals surface area contributed by atoms with Gasteiger partial charge in [0.2, 0.25) is 11.8 Å². The summed E-state index contributed by atoms with van der Waals surface area (Å²) in [6.45, 7) is 4.83. The van der Waals surface area contributed by atoms with Crippen LogP contribution in [0.5, 0.6) is 5.88 Å². The first kappa shape index (κ1) is 20.2. The SMILES string of the molecule is CCOC(=O)CC(CCCN1C(=O)C(N)CC1C)c1ccc(OC)nc1. The number of nitrogens with zero attached hydrogens (tertiary/aromatic N) is 2. The molecule has 3 atom stereocenters. The molecule has 144 valence electrons. The highest BCUT2D eigenvalue weighted by Crippen LogP contribution is 2.27. The first-order chi connectivity index (χ1) is 12.5. The highest BCUT2D eigenvalue weighted by Gasteiger charge is 2.34. The van der Waals surface area contributed by atoms with E-state index in [0.29, 0.717) is 31.9 Å². The minimum atomic E-state index is -0.383. The van der Waals surface area contributed by atoms with Crippen molar-refractivity contribution in [3.05, 3.63) is 23.9 Å². The molecule has 2 heterocycles. The highest BCUT2D eigenvalue weighted by molar-refractivity contribution is 5.84. The summed E-state index contributed by atoms with van der Waals surface area (Å²) < 4.78 is 10.2. The van der Waals surface area contributed by atoms with Crippen LogP contribution in [0.1, 0.15) is 51.0 Å². The van der Waals surface area contributed by atoms with Crippen molar-refractivity contribution in [1.82, 2.24) is 9.88 Å². The van der Waals surface area contributed by atoms with Gasteiger partial charge in [-0.15, -0.1) is 0 Å². The number of likely N-dealkylation sites (tertiary alicyclic amines) is 1. The van der Waals surface area contributed by atoms with Crippen LogP contribution < -0.4 is 10.5 Å². The van der Waals surface area contributed by atoms with Crippen LogP contribution in [-0.2, 0) is 14.3 Å². The van der Waals surface area contributed by atoms with Crippen molar-refractivity contribution < 1.29 is 19.1 Å². The summed E-state index contributed by atoms with van der Waals surface area (Å²) in [5.74, 6) is 0.328. The van der Waals surface area contributed by atoms with Crippen LogP contribution in [0.3, 0.4) is 0 Å². The number of esters is 1. The fourth-order valence-corrected chi connectivity index (χ4v) is 3.43. The van der Waals surface area contributed by atoms with E-state index < -0.39 is 0 Å². The molecule has 0 saturated carbocycles. The molecule has 1 saturated heterocycles. The fourth-order valence-electron chi connectivity index (χ4n) is 3.43. The van der Waals surface area contributed by atoms with Crippen LogP contribution in [0.15, 0.2) is 18.3 Å². The van der Waals surface area contributed by atoms with Crippen molar-refractivity contribution in [2.45, 2.75) is 57.5 Å². The molecule has 0 spiro atoms. The molecule has 0 bridgehead atoms. The lowest BCUT2D eigenvalue weighted by atomic mass is 9.92. The quantitative estimate of drug-likeness (QED) is 0.673. The first-order valence-electron chi connectivity index (χ1n) is 9.17. The van der Waals surface area contributed by atoms with Gasteiger partial charge in [-0.3, -0.25) is 9.59 Å². The molecule has 0 aliphatic carbocycles. The molecule has 1 fully saturated rings. The molecule has 7 heteroatoms. The highest BCUT2D eigenvalue weighted by atomic mass is 16.5. The molecule has 2 rings (SSSR count). The van der Waals surface area contributed by atoms with E-state index in [9.17, 15) is 9.59 Å². The van der Waals surface area contributed by atoms with Crippen LogP contribution in [0.4, 0.5) is 0 Å². The number of rotatable bonds is 9. The zero-order valence-corrected chi connectivity index (χ0v) is 15.8. The van der Waals surface area contributed by atoms with Crippen molar-refractivity contribution in [1.29, 1.82) is 0 Å². The summed E-state index contributed by atoms with van der Waals surface area (Å²) in [5.41, 5.74) is 6.80. The summed E-state index contributed by atoms with van der Waals surface area (Å²) in [6.07, 6.45) is 4.29. The van der Waals surface area contributed by atoms with Crippen LogP contribution in [-0.4, -0.2) is 54.1 Å². The average molecular weight is 363 g/mol. The maximum Gasteiger partial charge on any atom is 0.306 e. The van der Waals surface area contributed by atoms with Gasteiger partial charge in [-0.05, 0) is 44.6 Å². The Bertz CT molecular complexity index is 605. The minimum Gasteiger partial charge on any atom is -0.481 e. The second kappa shape index (κ2) is 9.52. The topological polar surface area (TPSA) is 94.8 Å². The lowest BCUT2D eigenvalue weighted by molar-refractivity contribution is -0.143. The van der Waals surface area contributed by atoms with Gasteiger partial charge in [0.15, 0.2) is 0 Å². The van der Waals surface area contributed by atoms with E-state index >= 15 is 0 Å². The zero-order valence-electron chi connectivity index (χ0n) is 15.8. The lowest BCUT2D eigenvalue weighted by Crippen LogP contribution is -2.36. The standard InChI is InChI=1S/C19H29N3O4/c1-4-26-18(23)11-14(15-7-8-17(25-3)21-12-15)6-5-9-22-13(2)10-16(20)19(22)24/h7-8,12-14,16H,4-6,9-11,20H2,1-3H3. The molecule has 1 aliphatic rings. The van der Waals surface area contributed by atoms with E-state index in [1.165, 1.54) is 0 Å². The molecule has 26 heavy (non-hydrogen) atoms. The Morgan fingerprint density at radius 1 is 1.46 bits per heavy atom. The molecule has 1 aromatic rings. The van der Waals surface area contributed by atoms with Crippen molar-refractivity contribution in [2.75, 3.05) is 20.3 Å². The van der Waals surface area contributed by atoms with E-state index in [2.05, 4.69) is 4.98 Å². The Morgan fingerprint density at radius 2 is 2.23 bits per heavy atom. The number of hydrogen-bond donors (Lipinski definition) is 1. The van der Waals surface area contributed by atoms with Gasteiger partial charge < -0.3 is 20.1 Å². The number of pyridine rings is 1. The Kier molecular flexibility index (Phi) is 7.38. The number of hydrogen-bond acceptors (Lipinski definition) is 6. The van der Waals surface area contributed by atoms with E-state index in [-0.39, 0.29) is 29.9 Å². The molecule has 3 unspecified atom stereocenters. The lowest BCUT2D eigenvalue weighted by Gasteiger charge is -2.23. The maximum atomic E-state index is 12.1. The van der Waals surface area contributed by atoms with Crippen LogP contribution in [0.25, 0.3) is 0 Å². The van der Waals surface area contributed by atoms with E-state index in [1.54, 1.807) is 26.3 Å². The molecular formula is C19H29N3O4. The number of ether oxygens (including phenoxy) is 2. The first-order valence-corrected chi connectivity index (χ1v) is 9.17. The Labute approximate surface area is 154 Å². The minimum absolute atomic E-state index is 0.00543. The summed E-state index contributed by atoms with van der Waals surface area (Å²) in [5, 5.41) is 0. The monoisotopic (exact) mass is 363 g/mol. The predicted octanol–water partition coefficient (Wildman–Crippen LogP) is 1.86. The third-order valence-corrected chi connectivity index (χ3v) is 4.84. The Hall–Kier alpha value is -2.15. The van der Waals surface area contributed by atoms with Crippen LogP contribution >= 0.6 is 0 Å². The van der Waals surface area contributed by atoms with Gasteiger partial charge in [-0.25, -0.2) is 4.98 Å². The summed E-state index contributed by atoms with van der Waals surface area (Å²) >= 11 is 0. The maximum absolute atomic E-state index is 12.1. The second-order valence-electron chi connectivity index (χ2n) is 6.71. The number of carbonyl (C=O) groups excluding carboxylic acids is 2. The van der Waals surface area contributed by atoms with Crippen molar-refractivity contribution in [2.24, 2.45) is 5.73 Å². The third-order valence-electron chi connectivity index (χ3n) is 4.84. The van der Waals surface area contributed by atoms with E-state index in [4.69, 9.17) is 15.2 Å². The predicted molar refractivity (Wildman–Crippen MR) is 97.8 cm³/mol. The zero-order chi connectivity index (χ0) is 19.1. The summed E-state index contributed by atoms with van der Waals surface area (Å²) in [4.78, 5) is 30.1. The number of methoxy groups -OCH3 is 1. The molecular weight excluding hydrogens is 334 g/mol. The Balaban J connectivity index is 1.99. The van der Waals surface area contributed by atoms with Gasteiger partial charge in [0.1, 0.15) is 0 Å². The smallest absolute Gasteiger partial charge is 0.306 e. The third kappa shape index (κ3) is 5.17. The van der Waals surface area contributed by atoms with E-state index in [1.807, 2.05) is 17.9 Å². The van der Waals surface area contributed by atoms with Gasteiger partial charge in [-0.1, -0.05) is 6.07 Å². The van der Waals surface area contributed by atoms with Gasteiger partial charge in [-0.2, -0.15) is 0 Å². The number of amides is 1. The van der Waals surface area contributed by atoms with Gasteiger partial charge in [0.25, 0.3) is 0 Å². The van der Waals surface area contributed by atoms with Gasteiger partial charge in [0, 0.05) is 24.8 Å². The average Bonchev–Trinajstić information content (AvgIpc) is 2.87. The summed E-state index contributed by atoms with van der Waals surface area (Å²) in [7, 11) is 1.57. The fraction of sp³-hybridized carbons (Fsp3) is 0.632. The molecule has 2 N–H and O–H groups in total. The molecule has 0 aromatic carbocycles. The van der Waals surface area contributed by atoms with Gasteiger partial charge >= 0.3 is 5.97 Å². The molecule has 1 aromatic heterocycles. The largest absolute Gasteiger partial charge is 0.481 e. The normalized spacial score (nSPS) is 20.9. The summed E-state index contributed by atoms with van der Waals surface area (Å²) in [6, 6.07) is 3.50. The number of carbonyl (C=O) groups is 2. The van der Waals surface area contributed by atoms with Crippen LogP contribution in [0.2, 0.25) is 0 Å². The van der Waals surface area contributed by atoms with Gasteiger partial charge in [0.05, 0.1) is 26.2 Å². The van der Waals surface area contributed by atoms with E-state index in [0.717, 1.165) is 18.4 Å². The number of nitrogens with two attached hydrogens (primary N) is 1. The van der Waals surface area contributed by atoms with Crippen LogP contribution in [0, 0.1) is 0 Å². The second-order valence-corrected chi connectivity index (χ2v) is 6.71. The van der Waals surface area contributed by atoms with Crippen molar-refractivity contribution in [3.8, 4) is 5.88 Å².